The molecule has 0 bridgehead atoms. The topological polar surface area (TPSA) is 39.2 Å². The van der Waals surface area contributed by atoms with Crippen molar-refractivity contribution in [3.8, 4) is 5.75 Å². The van der Waals surface area contributed by atoms with Crippen LogP contribution < -0.4 is 4.74 Å². The van der Waals surface area contributed by atoms with E-state index in [-0.39, 0.29) is 5.78 Å². The highest BCUT2D eigenvalue weighted by Gasteiger charge is 2.18. The van der Waals surface area contributed by atoms with Gasteiger partial charge in [-0.2, -0.15) is 0 Å². The number of rotatable bonds is 3. The van der Waals surface area contributed by atoms with Gasteiger partial charge in [0.15, 0.2) is 0 Å². The lowest BCUT2D eigenvalue weighted by Gasteiger charge is -2.08. The van der Waals surface area contributed by atoms with Gasteiger partial charge < -0.3 is 4.74 Å². The standard InChI is InChI=1S/C13H9BrClNO2/c1-18-11-5-4-8(15)7-9(11)13(17)12-10(14)3-2-6-16-12/h2-7H,1H3. The summed E-state index contributed by atoms with van der Waals surface area (Å²) in [6.07, 6.45) is 1.56. The van der Waals surface area contributed by atoms with Crippen molar-refractivity contribution >= 4 is 33.3 Å². The summed E-state index contributed by atoms with van der Waals surface area (Å²) in [7, 11) is 1.51. The minimum absolute atomic E-state index is 0.234. The summed E-state index contributed by atoms with van der Waals surface area (Å²) in [4.78, 5) is 16.4. The number of aromatic nitrogens is 1. The fraction of sp³-hybridized carbons (Fsp3) is 0.0769. The van der Waals surface area contributed by atoms with Crippen LogP contribution in [0.15, 0.2) is 41.0 Å². The number of benzene rings is 1. The van der Waals surface area contributed by atoms with Crippen LogP contribution in [0.3, 0.4) is 0 Å². The molecule has 5 heteroatoms. The summed E-state index contributed by atoms with van der Waals surface area (Å²) in [5.74, 6) is 0.240. The summed E-state index contributed by atoms with van der Waals surface area (Å²) >= 11 is 9.21. The monoisotopic (exact) mass is 325 g/mol. The van der Waals surface area contributed by atoms with Gasteiger partial charge in [0.1, 0.15) is 11.4 Å². The second-order valence-corrected chi connectivity index (χ2v) is 4.80. The third kappa shape index (κ3) is 2.54. The minimum Gasteiger partial charge on any atom is -0.496 e. The van der Waals surface area contributed by atoms with E-state index in [0.717, 1.165) is 0 Å². The number of hydrogen-bond donors (Lipinski definition) is 0. The molecule has 0 unspecified atom stereocenters. The van der Waals surface area contributed by atoms with Crippen LogP contribution in [-0.4, -0.2) is 17.9 Å². The molecule has 0 N–H and O–H groups in total. The van der Waals surface area contributed by atoms with Crippen molar-refractivity contribution in [3.05, 3.63) is 57.3 Å². The molecule has 3 nitrogen and oxygen atoms in total. The molecule has 1 heterocycles. The van der Waals surface area contributed by atoms with Crippen molar-refractivity contribution in [2.75, 3.05) is 7.11 Å². The zero-order valence-electron chi connectivity index (χ0n) is 9.48. The molecule has 2 aromatic rings. The Labute approximate surface area is 118 Å². The molecule has 0 aliphatic rings. The van der Waals surface area contributed by atoms with Gasteiger partial charge in [-0.3, -0.25) is 9.78 Å². The quantitative estimate of drug-likeness (QED) is 0.807. The molecule has 0 atom stereocenters. The summed E-state index contributed by atoms with van der Waals surface area (Å²) in [6, 6.07) is 8.41. The Morgan fingerprint density at radius 3 is 2.83 bits per heavy atom. The third-order valence-electron chi connectivity index (χ3n) is 2.38. The number of ketones is 1. The zero-order valence-corrected chi connectivity index (χ0v) is 11.8. The van der Waals surface area contributed by atoms with Gasteiger partial charge in [-0.1, -0.05) is 11.6 Å². The second kappa shape index (κ2) is 5.50. The maximum atomic E-state index is 12.4. The van der Waals surface area contributed by atoms with E-state index >= 15 is 0 Å². The Kier molecular flexibility index (Phi) is 3.99. The summed E-state index contributed by atoms with van der Waals surface area (Å²) in [5.41, 5.74) is 0.725. The molecule has 0 saturated heterocycles. The maximum absolute atomic E-state index is 12.4. The Morgan fingerprint density at radius 1 is 1.39 bits per heavy atom. The van der Waals surface area contributed by atoms with Crippen molar-refractivity contribution in [2.45, 2.75) is 0 Å². The van der Waals surface area contributed by atoms with Gasteiger partial charge >= 0.3 is 0 Å². The molecule has 0 aliphatic heterocycles. The Balaban J connectivity index is 2.52. The molecular weight excluding hydrogens is 318 g/mol. The molecule has 0 aliphatic carbocycles. The van der Waals surface area contributed by atoms with Gasteiger partial charge in [0.05, 0.1) is 12.7 Å². The van der Waals surface area contributed by atoms with Crippen LogP contribution in [0, 0.1) is 0 Å². The number of hydrogen-bond acceptors (Lipinski definition) is 3. The molecule has 2 rings (SSSR count). The van der Waals surface area contributed by atoms with Crippen molar-refractivity contribution in [2.24, 2.45) is 0 Å². The molecule has 0 spiro atoms. The lowest BCUT2D eigenvalue weighted by Crippen LogP contribution is -2.07. The van der Waals surface area contributed by atoms with Crippen LogP contribution in [0.4, 0.5) is 0 Å². The molecule has 0 saturated carbocycles. The third-order valence-corrected chi connectivity index (χ3v) is 3.25. The van der Waals surface area contributed by atoms with Gasteiger partial charge in [-0.15, -0.1) is 0 Å². The molecular formula is C13H9BrClNO2. The first-order valence-electron chi connectivity index (χ1n) is 5.12. The van der Waals surface area contributed by atoms with E-state index in [9.17, 15) is 4.79 Å². The normalized spacial score (nSPS) is 10.2. The van der Waals surface area contributed by atoms with Gasteiger partial charge in [-0.25, -0.2) is 0 Å². The molecule has 0 amide bonds. The van der Waals surface area contributed by atoms with E-state index < -0.39 is 0 Å². The molecule has 92 valence electrons. The number of nitrogens with zero attached hydrogens (tertiary/aromatic N) is 1. The molecule has 1 aromatic carbocycles. The van der Waals surface area contributed by atoms with Crippen LogP contribution in [0.25, 0.3) is 0 Å². The highest BCUT2D eigenvalue weighted by molar-refractivity contribution is 9.10. The predicted molar refractivity (Wildman–Crippen MR) is 73.4 cm³/mol. The van der Waals surface area contributed by atoms with Crippen LogP contribution in [0.1, 0.15) is 16.1 Å². The van der Waals surface area contributed by atoms with E-state index in [1.807, 2.05) is 0 Å². The Morgan fingerprint density at radius 2 is 2.17 bits per heavy atom. The van der Waals surface area contributed by atoms with Crippen LogP contribution in [0.5, 0.6) is 5.75 Å². The SMILES string of the molecule is COc1ccc(Cl)cc1C(=O)c1ncccc1Br. The first-order chi connectivity index (χ1) is 8.63. The average molecular weight is 327 g/mol. The van der Waals surface area contributed by atoms with Gasteiger partial charge in [-0.05, 0) is 46.3 Å². The summed E-state index contributed by atoms with van der Waals surface area (Å²) in [6.45, 7) is 0. The van der Waals surface area contributed by atoms with Crippen molar-refractivity contribution < 1.29 is 9.53 Å². The van der Waals surface area contributed by atoms with Crippen LogP contribution in [0.2, 0.25) is 5.02 Å². The lowest BCUT2D eigenvalue weighted by atomic mass is 10.1. The number of methoxy groups -OCH3 is 1. The minimum atomic E-state index is -0.234. The average Bonchev–Trinajstić information content (AvgIpc) is 2.38. The molecule has 0 radical (unpaired) electrons. The van der Waals surface area contributed by atoms with Crippen molar-refractivity contribution in [1.82, 2.24) is 4.98 Å². The predicted octanol–water partition coefficient (Wildman–Crippen LogP) is 3.74. The summed E-state index contributed by atoms with van der Waals surface area (Å²) < 4.78 is 5.80. The maximum Gasteiger partial charge on any atom is 0.216 e. The zero-order chi connectivity index (χ0) is 13.1. The van der Waals surface area contributed by atoms with Crippen molar-refractivity contribution in [3.63, 3.8) is 0 Å². The number of carbonyl (C=O) groups is 1. The lowest BCUT2D eigenvalue weighted by molar-refractivity contribution is 0.103. The Hall–Kier alpha value is -1.39. The number of ether oxygens (including phenoxy) is 1. The van der Waals surface area contributed by atoms with E-state index in [1.165, 1.54) is 7.11 Å². The highest BCUT2D eigenvalue weighted by atomic mass is 79.9. The van der Waals surface area contributed by atoms with E-state index in [0.29, 0.717) is 26.5 Å². The van der Waals surface area contributed by atoms with Crippen LogP contribution >= 0.6 is 27.5 Å². The van der Waals surface area contributed by atoms with Gasteiger partial charge in [0.2, 0.25) is 5.78 Å². The molecule has 1 aromatic heterocycles. The largest absolute Gasteiger partial charge is 0.496 e. The molecule has 18 heavy (non-hydrogen) atoms. The first kappa shape index (κ1) is 13.1. The number of carbonyl (C=O) groups excluding carboxylic acids is 1. The second-order valence-electron chi connectivity index (χ2n) is 3.51. The van der Waals surface area contributed by atoms with E-state index in [2.05, 4.69) is 20.9 Å². The first-order valence-corrected chi connectivity index (χ1v) is 6.29. The fourth-order valence-corrected chi connectivity index (χ4v) is 2.15. The van der Waals surface area contributed by atoms with E-state index in [1.54, 1.807) is 36.5 Å². The number of pyridine rings is 1. The van der Waals surface area contributed by atoms with Crippen molar-refractivity contribution in [1.29, 1.82) is 0 Å². The summed E-state index contributed by atoms with van der Waals surface area (Å²) in [5, 5.41) is 0.478. The van der Waals surface area contributed by atoms with E-state index in [4.69, 9.17) is 16.3 Å². The highest BCUT2D eigenvalue weighted by Crippen LogP contribution is 2.26. The van der Waals surface area contributed by atoms with Gasteiger partial charge in [0.25, 0.3) is 0 Å². The Bertz CT molecular complexity index is 601. The molecule has 0 fully saturated rings. The van der Waals surface area contributed by atoms with Crippen LogP contribution in [-0.2, 0) is 0 Å². The smallest absolute Gasteiger partial charge is 0.216 e. The number of halogens is 2. The van der Waals surface area contributed by atoms with Gasteiger partial charge in [0, 0.05) is 15.7 Å². The fourth-order valence-electron chi connectivity index (χ4n) is 1.54.